The normalized spacial score (nSPS) is 13.0. The predicted octanol–water partition coefficient (Wildman–Crippen LogP) is 16.4. The zero-order chi connectivity index (χ0) is 45.1. The SMILES string of the molecule is CC\C=C/C=C\C=C/C=C\CCCCCC(=O)OC(COC(=O)CCCCC/C=C\CCCCCCCC)COC(=O)CCCCCCC\C=C/C=C\C=C/C=C\CCCCC. The van der Waals surface area contributed by atoms with Crippen molar-refractivity contribution in [2.75, 3.05) is 13.2 Å². The molecule has 0 spiro atoms. The van der Waals surface area contributed by atoms with Crippen molar-refractivity contribution in [1.82, 2.24) is 0 Å². The highest BCUT2D eigenvalue weighted by Crippen LogP contribution is 2.12. The van der Waals surface area contributed by atoms with E-state index in [-0.39, 0.29) is 37.5 Å². The van der Waals surface area contributed by atoms with E-state index in [4.69, 9.17) is 14.2 Å². The Balaban J connectivity index is 4.52. The smallest absolute Gasteiger partial charge is 0.306 e. The van der Waals surface area contributed by atoms with Gasteiger partial charge in [0, 0.05) is 19.3 Å². The molecule has 0 aliphatic heterocycles. The molecule has 350 valence electrons. The lowest BCUT2D eigenvalue weighted by atomic mass is 10.1. The fourth-order valence-electron chi connectivity index (χ4n) is 6.40. The zero-order valence-electron chi connectivity index (χ0n) is 39.8. The lowest BCUT2D eigenvalue weighted by molar-refractivity contribution is -0.167. The maximum Gasteiger partial charge on any atom is 0.306 e. The Morgan fingerprint density at radius 2 is 0.645 bits per heavy atom. The molecule has 1 atom stereocenters. The first-order valence-corrected chi connectivity index (χ1v) is 25.0. The van der Waals surface area contributed by atoms with Gasteiger partial charge in [0.25, 0.3) is 0 Å². The Morgan fingerprint density at radius 1 is 0.339 bits per heavy atom. The second kappa shape index (κ2) is 49.7. The average molecular weight is 859 g/mol. The molecule has 0 amide bonds. The Hall–Kier alpha value is -3.93. The van der Waals surface area contributed by atoms with Crippen LogP contribution < -0.4 is 0 Å². The van der Waals surface area contributed by atoms with Gasteiger partial charge in [0.1, 0.15) is 13.2 Å². The molecule has 0 bridgehead atoms. The van der Waals surface area contributed by atoms with Crippen LogP contribution in [0.15, 0.2) is 109 Å². The fraction of sp³-hybridized carbons (Fsp3) is 0.625. The molecule has 0 aromatic carbocycles. The average Bonchev–Trinajstić information content (AvgIpc) is 3.27. The van der Waals surface area contributed by atoms with Gasteiger partial charge in [0.15, 0.2) is 6.10 Å². The maximum atomic E-state index is 12.8. The number of ether oxygens (including phenoxy) is 3. The summed E-state index contributed by atoms with van der Waals surface area (Å²) >= 11 is 0. The summed E-state index contributed by atoms with van der Waals surface area (Å²) in [4.78, 5) is 37.9. The summed E-state index contributed by atoms with van der Waals surface area (Å²) in [6.07, 6.45) is 66.4. The first-order chi connectivity index (χ1) is 30.5. The van der Waals surface area contributed by atoms with E-state index < -0.39 is 6.10 Å². The van der Waals surface area contributed by atoms with Crippen molar-refractivity contribution < 1.29 is 28.6 Å². The quantitative estimate of drug-likeness (QED) is 0.0200. The molecule has 6 nitrogen and oxygen atoms in total. The molecule has 0 N–H and O–H groups in total. The third-order valence-corrected chi connectivity index (χ3v) is 10.2. The van der Waals surface area contributed by atoms with Gasteiger partial charge < -0.3 is 14.2 Å². The van der Waals surface area contributed by atoms with Gasteiger partial charge in [0.2, 0.25) is 0 Å². The van der Waals surface area contributed by atoms with Crippen LogP contribution >= 0.6 is 0 Å². The molecular weight excluding hydrogens is 769 g/mol. The molecule has 0 fully saturated rings. The standard InChI is InChI=1S/C56H90O6/c1-4-7-10-13-16-19-22-25-26-27-28-29-32-34-37-40-43-46-49-55(58)61-52-53(62-56(59)50-47-44-41-38-35-31-24-21-18-15-12-9-6-3)51-60-54(57)48-45-42-39-36-33-30-23-20-17-14-11-8-5-2/h9,12,15-16,18-19,21-22,24-31,33,35,53H,4-8,10-11,13-14,17,20,23,32,34,36-52H2,1-3H3/b12-9-,18-15-,19-16-,24-21-,25-22-,27-26-,29-28-,33-30-,35-31-. The van der Waals surface area contributed by atoms with Crippen molar-refractivity contribution in [3.05, 3.63) is 109 Å². The Bertz CT molecular complexity index is 1310. The second-order valence-corrected chi connectivity index (χ2v) is 16.2. The van der Waals surface area contributed by atoms with E-state index in [1.165, 1.54) is 57.8 Å². The van der Waals surface area contributed by atoms with Crippen molar-refractivity contribution in [2.45, 2.75) is 213 Å². The lowest BCUT2D eigenvalue weighted by Crippen LogP contribution is -2.30. The summed E-state index contributed by atoms with van der Waals surface area (Å²) in [5, 5.41) is 0. The van der Waals surface area contributed by atoms with Crippen LogP contribution in [0.1, 0.15) is 207 Å². The number of allylic oxidation sites excluding steroid dienone is 18. The Morgan fingerprint density at radius 3 is 1.08 bits per heavy atom. The molecular formula is C56H90O6. The van der Waals surface area contributed by atoms with Gasteiger partial charge in [-0.1, -0.05) is 207 Å². The van der Waals surface area contributed by atoms with Crippen molar-refractivity contribution in [3.63, 3.8) is 0 Å². The minimum absolute atomic E-state index is 0.112. The van der Waals surface area contributed by atoms with Gasteiger partial charge in [-0.3, -0.25) is 14.4 Å². The van der Waals surface area contributed by atoms with Gasteiger partial charge in [-0.2, -0.15) is 0 Å². The molecule has 0 heterocycles. The molecule has 0 aliphatic carbocycles. The van der Waals surface area contributed by atoms with Gasteiger partial charge in [-0.25, -0.2) is 0 Å². The number of esters is 3. The van der Waals surface area contributed by atoms with E-state index in [1.807, 2.05) is 36.5 Å². The number of hydrogen-bond acceptors (Lipinski definition) is 6. The zero-order valence-corrected chi connectivity index (χ0v) is 39.8. The van der Waals surface area contributed by atoms with E-state index in [9.17, 15) is 14.4 Å². The van der Waals surface area contributed by atoms with E-state index in [2.05, 4.69) is 93.7 Å². The first-order valence-electron chi connectivity index (χ1n) is 25.0. The molecule has 0 aliphatic rings. The Labute approximate surface area is 380 Å². The highest BCUT2D eigenvalue weighted by atomic mass is 16.6. The van der Waals surface area contributed by atoms with Crippen molar-refractivity contribution in [2.24, 2.45) is 0 Å². The van der Waals surface area contributed by atoms with E-state index in [1.54, 1.807) is 0 Å². The highest BCUT2D eigenvalue weighted by molar-refractivity contribution is 5.71. The monoisotopic (exact) mass is 859 g/mol. The third-order valence-electron chi connectivity index (χ3n) is 10.2. The van der Waals surface area contributed by atoms with E-state index >= 15 is 0 Å². The third kappa shape index (κ3) is 47.1. The molecule has 0 saturated carbocycles. The molecule has 0 rings (SSSR count). The summed E-state index contributed by atoms with van der Waals surface area (Å²) in [6.45, 7) is 6.36. The molecule has 0 radical (unpaired) electrons. The van der Waals surface area contributed by atoms with Crippen LogP contribution in [-0.2, 0) is 28.6 Å². The minimum Gasteiger partial charge on any atom is -0.462 e. The second-order valence-electron chi connectivity index (χ2n) is 16.2. The number of hydrogen-bond donors (Lipinski definition) is 0. The summed E-state index contributed by atoms with van der Waals surface area (Å²) < 4.78 is 16.7. The topological polar surface area (TPSA) is 78.9 Å². The fourth-order valence-corrected chi connectivity index (χ4v) is 6.40. The van der Waals surface area contributed by atoms with Crippen LogP contribution in [0.25, 0.3) is 0 Å². The lowest BCUT2D eigenvalue weighted by Gasteiger charge is -2.18. The van der Waals surface area contributed by atoms with Crippen LogP contribution in [0.3, 0.4) is 0 Å². The van der Waals surface area contributed by atoms with Crippen molar-refractivity contribution >= 4 is 17.9 Å². The van der Waals surface area contributed by atoms with Gasteiger partial charge in [-0.05, 0) is 89.9 Å². The largest absolute Gasteiger partial charge is 0.462 e. The molecule has 0 aromatic heterocycles. The Kier molecular flexibility index (Phi) is 46.6. The summed E-state index contributed by atoms with van der Waals surface area (Å²) in [5.41, 5.74) is 0. The van der Waals surface area contributed by atoms with Crippen LogP contribution in [0.2, 0.25) is 0 Å². The molecule has 0 aromatic rings. The molecule has 6 heteroatoms. The summed E-state index contributed by atoms with van der Waals surface area (Å²) in [6, 6.07) is 0. The predicted molar refractivity (Wildman–Crippen MR) is 265 cm³/mol. The van der Waals surface area contributed by atoms with E-state index in [0.717, 1.165) is 103 Å². The van der Waals surface area contributed by atoms with Crippen LogP contribution in [0.4, 0.5) is 0 Å². The summed E-state index contributed by atoms with van der Waals surface area (Å²) in [5.74, 6) is -0.997. The molecule has 1 unspecified atom stereocenters. The van der Waals surface area contributed by atoms with Gasteiger partial charge in [0.05, 0.1) is 0 Å². The van der Waals surface area contributed by atoms with Gasteiger partial charge >= 0.3 is 17.9 Å². The van der Waals surface area contributed by atoms with Crippen molar-refractivity contribution in [1.29, 1.82) is 0 Å². The number of rotatable bonds is 43. The highest BCUT2D eigenvalue weighted by Gasteiger charge is 2.19. The number of unbranched alkanes of at least 4 members (excludes halogenated alkanes) is 20. The van der Waals surface area contributed by atoms with Crippen LogP contribution in [0, 0.1) is 0 Å². The summed E-state index contributed by atoms with van der Waals surface area (Å²) in [7, 11) is 0. The molecule has 62 heavy (non-hydrogen) atoms. The van der Waals surface area contributed by atoms with E-state index in [0.29, 0.717) is 19.3 Å². The number of carbonyl (C=O) groups excluding carboxylic acids is 3. The minimum atomic E-state index is -0.815. The first kappa shape index (κ1) is 58.1. The molecule has 0 saturated heterocycles. The van der Waals surface area contributed by atoms with Gasteiger partial charge in [-0.15, -0.1) is 0 Å². The van der Waals surface area contributed by atoms with Crippen LogP contribution in [-0.4, -0.2) is 37.2 Å². The van der Waals surface area contributed by atoms with Crippen molar-refractivity contribution in [3.8, 4) is 0 Å². The number of carbonyl (C=O) groups is 3. The van der Waals surface area contributed by atoms with Crippen LogP contribution in [0.5, 0.6) is 0 Å². The maximum absolute atomic E-state index is 12.8.